The average Bonchev–Trinajstić information content (AvgIpc) is 3.45. The normalized spacial score (nSPS) is 28.6. The number of nitrogens with zero attached hydrogens (tertiary/aromatic N) is 1. The highest BCUT2D eigenvalue weighted by Gasteiger charge is 2.40. The molecule has 3 rings (SSSR count). The van der Waals surface area contributed by atoms with E-state index in [-0.39, 0.29) is 5.41 Å². The Morgan fingerprint density at radius 1 is 1.15 bits per heavy atom. The smallest absolute Gasteiger partial charge is 0.0697 e. The molecule has 2 aliphatic carbocycles. The summed E-state index contributed by atoms with van der Waals surface area (Å²) in [6.45, 7) is 7.09. The number of nitrogens with one attached hydrogen (secondary N) is 2. The Morgan fingerprint density at radius 2 is 1.81 bits per heavy atom. The molecule has 2 atom stereocenters. The van der Waals surface area contributed by atoms with Gasteiger partial charge >= 0.3 is 0 Å². The van der Waals surface area contributed by atoms with Crippen LogP contribution in [0.3, 0.4) is 0 Å². The van der Waals surface area contributed by atoms with Gasteiger partial charge in [0.2, 0.25) is 0 Å². The minimum atomic E-state index is -0.266. The van der Waals surface area contributed by atoms with Crippen molar-refractivity contribution in [3.8, 4) is 6.07 Å². The van der Waals surface area contributed by atoms with Crippen molar-refractivity contribution in [1.29, 1.82) is 5.26 Å². The monoisotopic (exact) mass is 365 g/mol. The molecule has 0 unspecified atom stereocenters. The van der Waals surface area contributed by atoms with Crippen molar-refractivity contribution >= 4 is 6.08 Å². The molecule has 146 valence electrons. The third-order valence-electron chi connectivity index (χ3n) is 6.14. The molecule has 27 heavy (non-hydrogen) atoms. The van der Waals surface area contributed by atoms with Crippen LogP contribution in [0.15, 0.2) is 35.9 Å². The van der Waals surface area contributed by atoms with Gasteiger partial charge in [-0.25, -0.2) is 0 Å². The molecule has 0 saturated heterocycles. The number of rotatable bonds is 8. The summed E-state index contributed by atoms with van der Waals surface area (Å²) in [5.41, 5.74) is 2.65. The molecular weight excluding hydrogens is 330 g/mol. The lowest BCUT2D eigenvalue weighted by atomic mass is 9.89. The van der Waals surface area contributed by atoms with Crippen LogP contribution >= 0.6 is 0 Å². The van der Waals surface area contributed by atoms with Gasteiger partial charge in [-0.05, 0) is 63.9 Å². The van der Waals surface area contributed by atoms with Crippen LogP contribution in [0.2, 0.25) is 0 Å². The molecule has 3 heteroatoms. The van der Waals surface area contributed by atoms with Gasteiger partial charge in [0.05, 0.1) is 11.5 Å². The summed E-state index contributed by atoms with van der Waals surface area (Å²) < 4.78 is 0. The number of hydrogen-bond donors (Lipinski definition) is 2. The van der Waals surface area contributed by atoms with Gasteiger partial charge in [-0.2, -0.15) is 5.26 Å². The average molecular weight is 366 g/mol. The fourth-order valence-electron chi connectivity index (χ4n) is 4.23. The van der Waals surface area contributed by atoms with E-state index in [2.05, 4.69) is 60.0 Å². The minimum absolute atomic E-state index is 0.266. The largest absolute Gasteiger partial charge is 0.312 e. The number of benzene rings is 1. The predicted octanol–water partition coefficient (Wildman–Crippen LogP) is 4.91. The Hall–Kier alpha value is -1.63. The van der Waals surface area contributed by atoms with Crippen LogP contribution < -0.4 is 10.6 Å². The zero-order valence-corrected chi connectivity index (χ0v) is 17.2. The Morgan fingerprint density at radius 3 is 2.44 bits per heavy atom. The van der Waals surface area contributed by atoms with Crippen molar-refractivity contribution in [3.05, 3.63) is 41.5 Å². The minimum Gasteiger partial charge on any atom is -0.312 e. The Bertz CT molecular complexity index is 663. The van der Waals surface area contributed by atoms with Crippen LogP contribution in [0.4, 0.5) is 0 Å². The molecule has 2 aliphatic rings. The van der Waals surface area contributed by atoms with E-state index in [9.17, 15) is 0 Å². The van der Waals surface area contributed by atoms with Gasteiger partial charge < -0.3 is 10.6 Å². The van der Waals surface area contributed by atoms with E-state index in [0.29, 0.717) is 18.1 Å². The Kier molecular flexibility index (Phi) is 6.73. The maximum atomic E-state index is 9.15. The molecule has 0 aliphatic heterocycles. The highest BCUT2D eigenvalue weighted by molar-refractivity contribution is 5.54. The summed E-state index contributed by atoms with van der Waals surface area (Å²) in [5.74, 6) is 0.725. The SMILES string of the molecule is CC/C(=C\c1ccccc1)[C@@H]1C[C@H]1NC1CCC(NCC(C)(C)C#N)CC1. The molecule has 2 saturated carbocycles. The van der Waals surface area contributed by atoms with E-state index < -0.39 is 0 Å². The van der Waals surface area contributed by atoms with Crippen LogP contribution in [0.5, 0.6) is 0 Å². The van der Waals surface area contributed by atoms with Crippen LogP contribution in [-0.2, 0) is 0 Å². The van der Waals surface area contributed by atoms with E-state index >= 15 is 0 Å². The first-order chi connectivity index (χ1) is 13.0. The van der Waals surface area contributed by atoms with Crippen LogP contribution in [0.25, 0.3) is 6.08 Å². The highest BCUT2D eigenvalue weighted by Crippen LogP contribution is 2.40. The molecule has 0 bridgehead atoms. The first-order valence-electron chi connectivity index (χ1n) is 10.7. The van der Waals surface area contributed by atoms with E-state index in [1.165, 1.54) is 37.7 Å². The summed E-state index contributed by atoms with van der Waals surface area (Å²) in [5, 5.41) is 16.7. The Labute approximate surface area is 165 Å². The van der Waals surface area contributed by atoms with Gasteiger partial charge in [0.1, 0.15) is 0 Å². The van der Waals surface area contributed by atoms with E-state index in [4.69, 9.17) is 5.26 Å². The fraction of sp³-hybridized carbons (Fsp3) is 0.625. The molecule has 1 aromatic rings. The molecule has 0 amide bonds. The zero-order valence-electron chi connectivity index (χ0n) is 17.2. The summed E-state index contributed by atoms with van der Waals surface area (Å²) >= 11 is 0. The van der Waals surface area contributed by atoms with Crippen LogP contribution in [-0.4, -0.2) is 24.7 Å². The lowest BCUT2D eigenvalue weighted by Gasteiger charge is -2.31. The third kappa shape index (κ3) is 5.92. The lowest BCUT2D eigenvalue weighted by molar-refractivity contribution is 0.286. The van der Waals surface area contributed by atoms with Crippen LogP contribution in [0, 0.1) is 22.7 Å². The van der Waals surface area contributed by atoms with Crippen molar-refractivity contribution in [3.63, 3.8) is 0 Å². The standard InChI is InChI=1S/C24H35N3/c1-4-19(14-18-8-6-5-7-9-18)22-15-23(22)27-21-12-10-20(11-13-21)26-17-24(2,3)16-25/h5-9,14,20-23,26-27H,4,10-13,15,17H2,1-3H3/b19-14+/t20?,21?,22-,23+/m0/s1. The number of hydrogen-bond acceptors (Lipinski definition) is 3. The second-order valence-electron chi connectivity index (χ2n) is 9.02. The molecule has 0 heterocycles. The fourth-order valence-corrected chi connectivity index (χ4v) is 4.23. The van der Waals surface area contributed by atoms with Gasteiger partial charge in [-0.3, -0.25) is 0 Å². The van der Waals surface area contributed by atoms with Gasteiger partial charge in [-0.1, -0.05) is 48.9 Å². The van der Waals surface area contributed by atoms with Crippen LogP contribution in [0.1, 0.15) is 64.9 Å². The van der Waals surface area contributed by atoms with E-state index in [0.717, 1.165) is 18.9 Å². The zero-order chi connectivity index (χ0) is 19.3. The van der Waals surface area contributed by atoms with Gasteiger partial charge in [0, 0.05) is 24.7 Å². The number of nitriles is 1. The van der Waals surface area contributed by atoms with Crippen molar-refractivity contribution in [1.82, 2.24) is 10.6 Å². The summed E-state index contributed by atoms with van der Waals surface area (Å²) in [7, 11) is 0. The van der Waals surface area contributed by atoms with Gasteiger partial charge in [-0.15, -0.1) is 0 Å². The lowest BCUT2D eigenvalue weighted by Crippen LogP contribution is -2.43. The van der Waals surface area contributed by atoms with E-state index in [1.807, 2.05) is 13.8 Å². The van der Waals surface area contributed by atoms with Gasteiger partial charge in [0.15, 0.2) is 0 Å². The topological polar surface area (TPSA) is 47.8 Å². The first-order valence-corrected chi connectivity index (χ1v) is 10.7. The molecule has 1 aromatic carbocycles. The molecule has 0 radical (unpaired) electrons. The molecule has 2 N–H and O–H groups in total. The van der Waals surface area contributed by atoms with Crippen molar-refractivity contribution in [2.75, 3.05) is 6.54 Å². The Balaban J connectivity index is 1.42. The second-order valence-corrected chi connectivity index (χ2v) is 9.02. The predicted molar refractivity (Wildman–Crippen MR) is 113 cm³/mol. The van der Waals surface area contributed by atoms with Crippen molar-refractivity contribution < 1.29 is 0 Å². The maximum absolute atomic E-state index is 9.15. The quantitative estimate of drug-likeness (QED) is 0.688. The van der Waals surface area contributed by atoms with Crippen molar-refractivity contribution in [2.45, 2.75) is 77.4 Å². The molecular formula is C24H35N3. The summed E-state index contributed by atoms with van der Waals surface area (Å²) in [6.07, 6.45) is 9.76. The highest BCUT2D eigenvalue weighted by atomic mass is 15.0. The molecule has 2 fully saturated rings. The summed E-state index contributed by atoms with van der Waals surface area (Å²) in [4.78, 5) is 0. The third-order valence-corrected chi connectivity index (χ3v) is 6.14. The summed E-state index contributed by atoms with van der Waals surface area (Å²) in [6, 6.07) is 15.0. The molecule has 0 aromatic heterocycles. The van der Waals surface area contributed by atoms with Crippen molar-refractivity contribution in [2.24, 2.45) is 11.3 Å². The first kappa shape index (κ1) is 20.1. The second kappa shape index (κ2) is 9.04. The van der Waals surface area contributed by atoms with E-state index in [1.54, 1.807) is 5.57 Å². The molecule has 3 nitrogen and oxygen atoms in total. The molecule has 0 spiro atoms. The maximum Gasteiger partial charge on any atom is 0.0697 e. The van der Waals surface area contributed by atoms with Gasteiger partial charge in [0.25, 0.3) is 0 Å².